The van der Waals surface area contributed by atoms with Gasteiger partial charge in [0.25, 0.3) is 0 Å². The SMILES string of the molecule is CCCNCc1cnc(OC2CCC2)nc1C. The van der Waals surface area contributed by atoms with Crippen molar-refractivity contribution >= 4 is 0 Å². The summed E-state index contributed by atoms with van der Waals surface area (Å²) in [4.78, 5) is 8.67. The van der Waals surface area contributed by atoms with E-state index in [0.29, 0.717) is 12.1 Å². The van der Waals surface area contributed by atoms with Crippen LogP contribution < -0.4 is 10.1 Å². The minimum absolute atomic E-state index is 0.346. The second-order valence-corrected chi connectivity index (χ2v) is 4.61. The molecule has 0 aromatic carbocycles. The summed E-state index contributed by atoms with van der Waals surface area (Å²) in [6.45, 7) is 6.04. The Morgan fingerprint density at radius 1 is 1.47 bits per heavy atom. The van der Waals surface area contributed by atoms with Crippen LogP contribution in [-0.2, 0) is 6.54 Å². The summed E-state index contributed by atoms with van der Waals surface area (Å²) in [6.07, 6.45) is 6.91. The van der Waals surface area contributed by atoms with Crippen LogP contribution in [0.4, 0.5) is 0 Å². The van der Waals surface area contributed by atoms with E-state index in [9.17, 15) is 0 Å². The lowest BCUT2D eigenvalue weighted by atomic mass is 9.96. The van der Waals surface area contributed by atoms with E-state index in [-0.39, 0.29) is 0 Å². The van der Waals surface area contributed by atoms with Crippen molar-refractivity contribution in [1.82, 2.24) is 15.3 Å². The van der Waals surface area contributed by atoms with Gasteiger partial charge in [-0.3, -0.25) is 0 Å². The molecule has 17 heavy (non-hydrogen) atoms. The van der Waals surface area contributed by atoms with Crippen molar-refractivity contribution in [2.24, 2.45) is 0 Å². The van der Waals surface area contributed by atoms with Gasteiger partial charge in [0.05, 0.1) is 0 Å². The molecule has 0 spiro atoms. The molecule has 94 valence electrons. The van der Waals surface area contributed by atoms with Gasteiger partial charge < -0.3 is 10.1 Å². The second kappa shape index (κ2) is 5.96. The Balaban J connectivity index is 1.90. The van der Waals surface area contributed by atoms with E-state index < -0.39 is 0 Å². The predicted octanol–water partition coefficient (Wildman–Crippen LogP) is 2.22. The second-order valence-electron chi connectivity index (χ2n) is 4.61. The molecule has 1 aromatic heterocycles. The van der Waals surface area contributed by atoms with E-state index in [1.807, 2.05) is 13.1 Å². The Hall–Kier alpha value is -1.16. The zero-order valence-electron chi connectivity index (χ0n) is 10.7. The predicted molar refractivity (Wildman–Crippen MR) is 67.0 cm³/mol. The average molecular weight is 235 g/mol. The van der Waals surface area contributed by atoms with Gasteiger partial charge in [0.1, 0.15) is 6.10 Å². The number of hydrogen-bond acceptors (Lipinski definition) is 4. The standard InChI is InChI=1S/C13H21N3O/c1-3-7-14-8-11-9-15-13(16-10(11)2)17-12-5-4-6-12/h9,12,14H,3-8H2,1-2H3. The Kier molecular flexibility index (Phi) is 4.31. The fraction of sp³-hybridized carbons (Fsp3) is 0.692. The maximum Gasteiger partial charge on any atom is 0.316 e. The molecular formula is C13H21N3O. The average Bonchev–Trinajstić information content (AvgIpc) is 2.27. The van der Waals surface area contributed by atoms with Gasteiger partial charge in [0, 0.05) is 24.0 Å². The number of aromatic nitrogens is 2. The fourth-order valence-electron chi connectivity index (χ4n) is 1.74. The van der Waals surface area contributed by atoms with Crippen LogP contribution in [0.3, 0.4) is 0 Å². The van der Waals surface area contributed by atoms with Crippen molar-refractivity contribution in [3.8, 4) is 6.01 Å². The van der Waals surface area contributed by atoms with Crippen LogP contribution in [0, 0.1) is 6.92 Å². The van der Waals surface area contributed by atoms with Crippen LogP contribution in [0.2, 0.25) is 0 Å². The minimum atomic E-state index is 0.346. The van der Waals surface area contributed by atoms with E-state index in [0.717, 1.165) is 43.6 Å². The highest BCUT2D eigenvalue weighted by molar-refractivity contribution is 5.17. The summed E-state index contributed by atoms with van der Waals surface area (Å²) in [6, 6.07) is 0.534. The molecule has 0 aliphatic heterocycles. The number of rotatable bonds is 6. The molecule has 1 heterocycles. The highest BCUT2D eigenvalue weighted by atomic mass is 16.5. The van der Waals surface area contributed by atoms with Gasteiger partial charge in [-0.2, -0.15) is 0 Å². The van der Waals surface area contributed by atoms with Crippen molar-refractivity contribution < 1.29 is 4.74 Å². The van der Waals surface area contributed by atoms with Crippen molar-refractivity contribution in [2.45, 2.75) is 52.2 Å². The van der Waals surface area contributed by atoms with E-state index in [4.69, 9.17) is 4.74 Å². The molecule has 4 nitrogen and oxygen atoms in total. The summed E-state index contributed by atoms with van der Waals surface area (Å²) >= 11 is 0. The molecule has 1 aliphatic rings. The molecule has 0 unspecified atom stereocenters. The number of nitrogens with one attached hydrogen (secondary N) is 1. The minimum Gasteiger partial charge on any atom is -0.460 e. The van der Waals surface area contributed by atoms with Crippen LogP contribution in [-0.4, -0.2) is 22.6 Å². The topological polar surface area (TPSA) is 47.0 Å². The molecule has 0 bridgehead atoms. The number of hydrogen-bond donors (Lipinski definition) is 1. The van der Waals surface area contributed by atoms with Gasteiger partial charge in [-0.1, -0.05) is 6.92 Å². The first-order chi connectivity index (χ1) is 8.29. The summed E-state index contributed by atoms with van der Waals surface area (Å²) in [5, 5.41) is 3.35. The molecule has 1 aliphatic carbocycles. The molecule has 1 fully saturated rings. The Morgan fingerprint density at radius 2 is 2.29 bits per heavy atom. The molecule has 0 amide bonds. The summed E-state index contributed by atoms with van der Waals surface area (Å²) in [7, 11) is 0. The lowest BCUT2D eigenvalue weighted by molar-refractivity contribution is 0.108. The molecule has 2 rings (SSSR count). The summed E-state index contributed by atoms with van der Waals surface area (Å²) in [5.41, 5.74) is 2.16. The van der Waals surface area contributed by atoms with Gasteiger partial charge in [0.2, 0.25) is 0 Å². The number of nitrogens with zero attached hydrogens (tertiary/aromatic N) is 2. The molecule has 4 heteroatoms. The zero-order valence-corrected chi connectivity index (χ0v) is 10.7. The van der Waals surface area contributed by atoms with E-state index in [1.54, 1.807) is 0 Å². The third-order valence-electron chi connectivity index (χ3n) is 3.13. The van der Waals surface area contributed by atoms with Crippen LogP contribution >= 0.6 is 0 Å². The van der Waals surface area contributed by atoms with E-state index >= 15 is 0 Å². The van der Waals surface area contributed by atoms with Crippen LogP contribution in [0.25, 0.3) is 0 Å². The quantitative estimate of drug-likeness (QED) is 0.768. The van der Waals surface area contributed by atoms with Crippen LogP contribution in [0.1, 0.15) is 43.9 Å². The largest absolute Gasteiger partial charge is 0.460 e. The Bertz CT molecular complexity index is 364. The molecule has 1 N–H and O–H groups in total. The third-order valence-corrected chi connectivity index (χ3v) is 3.13. The lowest BCUT2D eigenvalue weighted by Crippen LogP contribution is -2.25. The molecule has 0 saturated heterocycles. The van der Waals surface area contributed by atoms with Gasteiger partial charge >= 0.3 is 6.01 Å². The molecule has 1 saturated carbocycles. The van der Waals surface area contributed by atoms with Crippen LogP contribution in [0.15, 0.2) is 6.20 Å². The Morgan fingerprint density at radius 3 is 2.88 bits per heavy atom. The van der Waals surface area contributed by atoms with Crippen molar-refractivity contribution in [2.75, 3.05) is 6.54 Å². The summed E-state index contributed by atoms with van der Waals surface area (Å²) in [5.74, 6) is 0. The molecule has 1 aromatic rings. The van der Waals surface area contributed by atoms with Crippen LogP contribution in [0.5, 0.6) is 6.01 Å². The first-order valence-electron chi connectivity index (χ1n) is 6.49. The third kappa shape index (κ3) is 3.40. The number of aryl methyl sites for hydroxylation is 1. The van der Waals surface area contributed by atoms with E-state index in [2.05, 4.69) is 22.2 Å². The maximum absolute atomic E-state index is 5.67. The normalized spacial score (nSPS) is 15.6. The van der Waals surface area contributed by atoms with Crippen molar-refractivity contribution in [3.05, 3.63) is 17.5 Å². The van der Waals surface area contributed by atoms with Gasteiger partial charge in [-0.05, 0) is 39.2 Å². The highest BCUT2D eigenvalue weighted by Gasteiger charge is 2.20. The molecule has 0 atom stereocenters. The maximum atomic E-state index is 5.67. The zero-order chi connectivity index (χ0) is 12.1. The lowest BCUT2D eigenvalue weighted by Gasteiger charge is -2.25. The highest BCUT2D eigenvalue weighted by Crippen LogP contribution is 2.23. The fourth-order valence-corrected chi connectivity index (χ4v) is 1.74. The van der Waals surface area contributed by atoms with Crippen molar-refractivity contribution in [3.63, 3.8) is 0 Å². The summed E-state index contributed by atoms with van der Waals surface area (Å²) < 4.78 is 5.67. The van der Waals surface area contributed by atoms with Crippen molar-refractivity contribution in [1.29, 1.82) is 0 Å². The molecular weight excluding hydrogens is 214 g/mol. The smallest absolute Gasteiger partial charge is 0.316 e. The van der Waals surface area contributed by atoms with E-state index in [1.165, 1.54) is 6.42 Å². The van der Waals surface area contributed by atoms with Gasteiger partial charge in [-0.25, -0.2) is 9.97 Å². The van der Waals surface area contributed by atoms with Gasteiger partial charge in [-0.15, -0.1) is 0 Å². The Labute approximate surface area is 103 Å². The monoisotopic (exact) mass is 235 g/mol. The molecule has 0 radical (unpaired) electrons. The van der Waals surface area contributed by atoms with Gasteiger partial charge in [0.15, 0.2) is 0 Å². The first kappa shape index (κ1) is 12.3. The number of ether oxygens (including phenoxy) is 1. The first-order valence-corrected chi connectivity index (χ1v) is 6.49.